The van der Waals surface area contributed by atoms with Gasteiger partial charge < -0.3 is 5.73 Å². The fraction of sp³-hybridized carbons (Fsp3) is 0.571. The van der Waals surface area contributed by atoms with Crippen LogP contribution in [0.25, 0.3) is 0 Å². The number of nitrogens with one attached hydrogen (secondary N) is 1. The highest BCUT2D eigenvalue weighted by atomic mass is 35.5. The van der Waals surface area contributed by atoms with Gasteiger partial charge in [-0.2, -0.15) is 0 Å². The first kappa shape index (κ1) is 18.7. The van der Waals surface area contributed by atoms with Gasteiger partial charge in [-0.1, -0.05) is 43.1 Å². The van der Waals surface area contributed by atoms with Crippen LogP contribution < -0.4 is 10.5 Å². The van der Waals surface area contributed by atoms with Crippen molar-refractivity contribution in [3.63, 3.8) is 0 Å². The van der Waals surface area contributed by atoms with Crippen LogP contribution in [0.5, 0.6) is 0 Å². The van der Waals surface area contributed by atoms with Gasteiger partial charge in [-0.25, -0.2) is 13.1 Å². The summed E-state index contributed by atoms with van der Waals surface area (Å²) in [7, 11) is -3.51. The van der Waals surface area contributed by atoms with Gasteiger partial charge in [0.2, 0.25) is 10.0 Å². The zero-order valence-electron chi connectivity index (χ0n) is 12.5. The quantitative estimate of drug-likeness (QED) is 0.791. The van der Waals surface area contributed by atoms with Gasteiger partial charge in [0.25, 0.3) is 0 Å². The predicted molar refractivity (Wildman–Crippen MR) is 89.1 cm³/mol. The first-order chi connectivity index (χ1) is 9.57. The van der Waals surface area contributed by atoms with Gasteiger partial charge >= 0.3 is 0 Å². The maximum Gasteiger partial charge on any atom is 0.216 e. The molecule has 0 aliphatic heterocycles. The maximum absolute atomic E-state index is 12.3. The van der Waals surface area contributed by atoms with Gasteiger partial charge in [0.1, 0.15) is 0 Å². The molecule has 0 saturated carbocycles. The van der Waals surface area contributed by atoms with Gasteiger partial charge in [-0.15, -0.1) is 0 Å². The van der Waals surface area contributed by atoms with E-state index in [1.807, 2.05) is 20.8 Å². The lowest BCUT2D eigenvalue weighted by Gasteiger charge is -2.30. The topological polar surface area (TPSA) is 72.2 Å². The number of benzene rings is 1. The second kappa shape index (κ2) is 7.29. The second-order valence-corrected chi connectivity index (χ2v) is 8.51. The summed E-state index contributed by atoms with van der Waals surface area (Å²) in [6, 6.07) is 4.80. The average Bonchev–Trinajstić information content (AvgIpc) is 2.31. The zero-order chi connectivity index (χ0) is 16.3. The van der Waals surface area contributed by atoms with Crippen LogP contribution in [-0.4, -0.2) is 20.5 Å². The highest BCUT2D eigenvalue weighted by Crippen LogP contribution is 2.24. The molecular weight excluding hydrogens is 331 g/mol. The fourth-order valence-electron chi connectivity index (χ4n) is 2.33. The normalized spacial score (nSPS) is 15.2. The fourth-order valence-corrected chi connectivity index (χ4v) is 4.26. The zero-order valence-corrected chi connectivity index (χ0v) is 14.8. The Kier molecular flexibility index (Phi) is 6.50. The third kappa shape index (κ3) is 6.12. The Balaban J connectivity index is 2.88. The van der Waals surface area contributed by atoms with Gasteiger partial charge in [-0.3, -0.25) is 0 Å². The third-order valence-corrected chi connectivity index (χ3v) is 5.31. The molecular formula is C14H22Cl2N2O2S. The number of hydrogen-bond donors (Lipinski definition) is 2. The molecule has 1 atom stereocenters. The van der Waals surface area contributed by atoms with E-state index in [0.29, 0.717) is 27.9 Å². The van der Waals surface area contributed by atoms with E-state index >= 15 is 0 Å². The highest BCUT2D eigenvalue weighted by Gasteiger charge is 2.29. The Morgan fingerprint density at radius 3 is 2.38 bits per heavy atom. The monoisotopic (exact) mass is 352 g/mol. The number of halogens is 2. The van der Waals surface area contributed by atoms with Crippen LogP contribution in [0.4, 0.5) is 0 Å². The summed E-state index contributed by atoms with van der Waals surface area (Å²) >= 11 is 11.7. The van der Waals surface area contributed by atoms with Crippen LogP contribution in [0, 0.1) is 5.92 Å². The van der Waals surface area contributed by atoms with E-state index in [1.54, 1.807) is 18.2 Å². The first-order valence-electron chi connectivity index (χ1n) is 6.72. The van der Waals surface area contributed by atoms with Gasteiger partial charge in [0.15, 0.2) is 0 Å². The largest absolute Gasteiger partial charge is 0.329 e. The summed E-state index contributed by atoms with van der Waals surface area (Å²) in [6.45, 7) is 6.12. The van der Waals surface area contributed by atoms with Crippen LogP contribution >= 0.6 is 23.2 Å². The van der Waals surface area contributed by atoms with E-state index in [1.165, 1.54) is 0 Å². The number of nitrogens with two attached hydrogens (primary N) is 1. The summed E-state index contributed by atoms with van der Waals surface area (Å²) in [5, 5.41) is 0.741. The lowest BCUT2D eigenvalue weighted by Crippen LogP contribution is -2.52. The number of rotatable bonds is 7. The van der Waals surface area contributed by atoms with Crippen molar-refractivity contribution in [1.82, 2.24) is 4.72 Å². The Hall–Kier alpha value is -0.330. The molecule has 1 aromatic carbocycles. The van der Waals surface area contributed by atoms with Crippen molar-refractivity contribution in [3.8, 4) is 0 Å². The molecule has 120 valence electrons. The summed E-state index contributed by atoms with van der Waals surface area (Å²) in [5.41, 5.74) is 5.67. The smallest absolute Gasteiger partial charge is 0.216 e. The van der Waals surface area contributed by atoms with Crippen molar-refractivity contribution in [1.29, 1.82) is 0 Å². The van der Waals surface area contributed by atoms with E-state index in [-0.39, 0.29) is 12.3 Å². The molecule has 0 aliphatic rings. The van der Waals surface area contributed by atoms with Crippen molar-refractivity contribution < 1.29 is 8.42 Å². The van der Waals surface area contributed by atoms with E-state index in [9.17, 15) is 8.42 Å². The van der Waals surface area contributed by atoms with Crippen LogP contribution in [0.1, 0.15) is 32.8 Å². The Bertz CT molecular complexity index is 591. The molecule has 4 nitrogen and oxygen atoms in total. The van der Waals surface area contributed by atoms with Crippen molar-refractivity contribution in [2.45, 2.75) is 38.5 Å². The lowest BCUT2D eigenvalue weighted by atomic mass is 9.92. The predicted octanol–water partition coefficient (Wildman–Crippen LogP) is 3.18. The average molecular weight is 353 g/mol. The minimum absolute atomic E-state index is 0.155. The first-order valence-corrected chi connectivity index (χ1v) is 9.13. The molecule has 0 amide bonds. The summed E-state index contributed by atoms with van der Waals surface area (Å²) in [4.78, 5) is 0. The van der Waals surface area contributed by atoms with E-state index in [4.69, 9.17) is 28.9 Å². The van der Waals surface area contributed by atoms with Gasteiger partial charge in [0, 0.05) is 12.1 Å². The molecule has 0 radical (unpaired) electrons. The van der Waals surface area contributed by atoms with Crippen molar-refractivity contribution in [3.05, 3.63) is 33.8 Å². The molecule has 0 heterocycles. The minimum Gasteiger partial charge on any atom is -0.329 e. The maximum atomic E-state index is 12.3. The number of hydrogen-bond acceptors (Lipinski definition) is 3. The molecule has 1 unspecified atom stereocenters. The second-order valence-electron chi connectivity index (χ2n) is 5.97. The van der Waals surface area contributed by atoms with Gasteiger partial charge in [-0.05, 0) is 37.0 Å². The highest BCUT2D eigenvalue weighted by molar-refractivity contribution is 7.88. The molecule has 1 rings (SSSR count). The van der Waals surface area contributed by atoms with E-state index in [2.05, 4.69) is 4.72 Å². The summed E-state index contributed by atoms with van der Waals surface area (Å²) in [6.07, 6.45) is 0.671. The molecule has 0 saturated heterocycles. The molecule has 1 aromatic rings. The molecule has 0 aliphatic carbocycles. The molecule has 0 aromatic heterocycles. The Morgan fingerprint density at radius 1 is 1.29 bits per heavy atom. The SMILES string of the molecule is CC(C)CC(C)(CN)NS(=O)(=O)Cc1ccc(Cl)c(Cl)c1. The minimum atomic E-state index is -3.51. The molecule has 0 fully saturated rings. The van der Waals surface area contributed by atoms with Crippen LogP contribution in [0.15, 0.2) is 18.2 Å². The van der Waals surface area contributed by atoms with Crippen LogP contribution in [-0.2, 0) is 15.8 Å². The lowest BCUT2D eigenvalue weighted by molar-refractivity contribution is 0.344. The molecule has 0 bridgehead atoms. The van der Waals surface area contributed by atoms with E-state index in [0.717, 1.165) is 0 Å². The Labute approximate surface area is 137 Å². The third-order valence-electron chi connectivity index (χ3n) is 3.05. The summed E-state index contributed by atoms with van der Waals surface area (Å²) in [5.74, 6) is 0.184. The molecule has 21 heavy (non-hydrogen) atoms. The van der Waals surface area contributed by atoms with Crippen molar-refractivity contribution in [2.24, 2.45) is 11.7 Å². The van der Waals surface area contributed by atoms with Crippen LogP contribution in [0.2, 0.25) is 10.0 Å². The van der Waals surface area contributed by atoms with Crippen LogP contribution in [0.3, 0.4) is 0 Å². The Morgan fingerprint density at radius 2 is 1.90 bits per heavy atom. The summed E-state index contributed by atoms with van der Waals surface area (Å²) < 4.78 is 27.3. The molecule has 3 N–H and O–H groups in total. The van der Waals surface area contributed by atoms with Crippen molar-refractivity contribution in [2.75, 3.05) is 6.54 Å². The molecule has 7 heteroatoms. The molecule has 0 spiro atoms. The van der Waals surface area contributed by atoms with Crippen molar-refractivity contribution >= 4 is 33.2 Å². The van der Waals surface area contributed by atoms with Gasteiger partial charge in [0.05, 0.1) is 15.8 Å². The number of sulfonamides is 1. The standard InChI is InChI=1S/C14H22Cl2N2O2S/c1-10(2)7-14(3,9-17)18-21(19,20)8-11-4-5-12(15)13(16)6-11/h4-6,10,18H,7-9,17H2,1-3H3. The van der Waals surface area contributed by atoms with E-state index < -0.39 is 15.6 Å².